The van der Waals surface area contributed by atoms with Crippen LogP contribution in [0.2, 0.25) is 5.02 Å². The third kappa shape index (κ3) is 4.03. The zero-order valence-electron chi connectivity index (χ0n) is 11.2. The lowest BCUT2D eigenvalue weighted by Crippen LogP contribution is -2.03. The van der Waals surface area contributed by atoms with Crippen LogP contribution in [-0.4, -0.2) is 21.4 Å². The van der Waals surface area contributed by atoms with Crippen molar-refractivity contribution in [3.8, 4) is 5.75 Å². The number of ether oxygens (including phenoxy) is 1. The molecule has 7 nitrogen and oxygen atoms in total. The number of hydrogen-bond donors (Lipinski definition) is 1. The Bertz CT molecular complexity index is 634. The summed E-state index contributed by atoms with van der Waals surface area (Å²) >= 11 is 5.94. The van der Waals surface area contributed by atoms with E-state index in [0.717, 1.165) is 6.54 Å². The van der Waals surface area contributed by atoms with E-state index in [-0.39, 0.29) is 18.0 Å². The smallest absolute Gasteiger partial charge is 0.273 e. The van der Waals surface area contributed by atoms with E-state index < -0.39 is 4.92 Å². The van der Waals surface area contributed by atoms with Gasteiger partial charge in [-0.2, -0.15) is 0 Å². The number of anilines is 1. The van der Waals surface area contributed by atoms with E-state index in [4.69, 9.17) is 16.3 Å². The summed E-state index contributed by atoms with van der Waals surface area (Å²) in [6, 6.07) is 4.03. The van der Waals surface area contributed by atoms with Crippen LogP contribution < -0.4 is 10.1 Å². The lowest BCUT2D eigenvalue weighted by atomic mass is 10.3. The molecule has 110 valence electrons. The van der Waals surface area contributed by atoms with Gasteiger partial charge in [-0.05, 0) is 13.0 Å². The van der Waals surface area contributed by atoms with Crippen molar-refractivity contribution in [1.29, 1.82) is 0 Å². The van der Waals surface area contributed by atoms with Gasteiger partial charge in [-0.3, -0.25) is 15.1 Å². The highest BCUT2D eigenvalue weighted by molar-refractivity contribution is 6.32. The molecule has 0 amide bonds. The maximum Gasteiger partial charge on any atom is 0.273 e. The van der Waals surface area contributed by atoms with Gasteiger partial charge >= 0.3 is 0 Å². The van der Waals surface area contributed by atoms with E-state index in [2.05, 4.69) is 15.3 Å². The van der Waals surface area contributed by atoms with Gasteiger partial charge in [0.15, 0.2) is 0 Å². The molecule has 0 aliphatic rings. The van der Waals surface area contributed by atoms with Crippen LogP contribution in [0, 0.1) is 10.1 Å². The zero-order valence-corrected chi connectivity index (χ0v) is 12.0. The molecule has 0 aliphatic carbocycles. The number of halogens is 1. The molecule has 0 bridgehead atoms. The van der Waals surface area contributed by atoms with Crippen molar-refractivity contribution in [3.05, 3.63) is 51.4 Å². The predicted octanol–water partition coefficient (Wildman–Crippen LogP) is 3.05. The third-order valence-corrected chi connectivity index (χ3v) is 2.88. The molecule has 0 radical (unpaired) electrons. The van der Waals surface area contributed by atoms with Crippen molar-refractivity contribution in [2.24, 2.45) is 0 Å². The van der Waals surface area contributed by atoms with Gasteiger partial charge in [0.05, 0.1) is 34.1 Å². The molecule has 0 saturated heterocycles. The summed E-state index contributed by atoms with van der Waals surface area (Å²) in [6.07, 6.45) is 3.17. The number of nitrogens with zero attached hydrogens (tertiary/aromatic N) is 3. The highest BCUT2D eigenvalue weighted by atomic mass is 35.5. The Kier molecular flexibility index (Phi) is 4.89. The molecule has 1 aromatic carbocycles. The van der Waals surface area contributed by atoms with Gasteiger partial charge in [0, 0.05) is 12.6 Å². The zero-order chi connectivity index (χ0) is 15.2. The molecule has 0 fully saturated rings. The molecule has 1 aromatic heterocycles. The van der Waals surface area contributed by atoms with Crippen molar-refractivity contribution >= 4 is 23.1 Å². The van der Waals surface area contributed by atoms with E-state index in [1.54, 1.807) is 12.4 Å². The summed E-state index contributed by atoms with van der Waals surface area (Å²) in [7, 11) is 0. The summed E-state index contributed by atoms with van der Waals surface area (Å²) in [6.45, 7) is 2.84. The van der Waals surface area contributed by atoms with Crippen molar-refractivity contribution in [1.82, 2.24) is 9.97 Å². The molecule has 0 aliphatic heterocycles. The number of aromatic nitrogens is 2. The first kappa shape index (κ1) is 15.0. The Labute approximate surface area is 126 Å². The highest BCUT2D eigenvalue weighted by Gasteiger charge is 2.11. The fourth-order valence-corrected chi connectivity index (χ4v) is 1.74. The van der Waals surface area contributed by atoms with Crippen molar-refractivity contribution < 1.29 is 9.66 Å². The number of nitrogens with one attached hydrogen (secondary N) is 1. The molecule has 0 atom stereocenters. The number of rotatable bonds is 6. The average molecular weight is 309 g/mol. The highest BCUT2D eigenvalue weighted by Crippen LogP contribution is 2.29. The number of benzene rings is 1. The largest absolute Gasteiger partial charge is 0.485 e. The first-order valence-corrected chi connectivity index (χ1v) is 6.59. The second-order valence-corrected chi connectivity index (χ2v) is 4.49. The molecule has 21 heavy (non-hydrogen) atoms. The Hall–Kier alpha value is -2.41. The molecule has 8 heteroatoms. The van der Waals surface area contributed by atoms with Crippen LogP contribution >= 0.6 is 11.6 Å². The lowest BCUT2D eigenvalue weighted by molar-refractivity contribution is -0.384. The summed E-state index contributed by atoms with van der Waals surface area (Å²) in [5, 5.41) is 14.0. The predicted molar refractivity (Wildman–Crippen MR) is 78.6 cm³/mol. The fraction of sp³-hybridized carbons (Fsp3) is 0.231. The van der Waals surface area contributed by atoms with E-state index in [0.29, 0.717) is 16.5 Å². The minimum atomic E-state index is -0.506. The minimum absolute atomic E-state index is 0.0806. The monoisotopic (exact) mass is 308 g/mol. The van der Waals surface area contributed by atoms with Crippen molar-refractivity contribution in [3.63, 3.8) is 0 Å². The second kappa shape index (κ2) is 6.85. The molecule has 0 spiro atoms. The van der Waals surface area contributed by atoms with Crippen LogP contribution in [0.5, 0.6) is 5.75 Å². The topological polar surface area (TPSA) is 90.2 Å². The van der Waals surface area contributed by atoms with Crippen LogP contribution in [-0.2, 0) is 6.61 Å². The minimum Gasteiger partial charge on any atom is -0.485 e. The maximum atomic E-state index is 10.7. The van der Waals surface area contributed by atoms with Crippen LogP contribution in [0.15, 0.2) is 30.6 Å². The molecular weight excluding hydrogens is 296 g/mol. The van der Waals surface area contributed by atoms with Crippen LogP contribution in [0.25, 0.3) is 0 Å². The van der Waals surface area contributed by atoms with Crippen LogP contribution in [0.1, 0.15) is 12.6 Å². The summed E-state index contributed by atoms with van der Waals surface area (Å²) < 4.78 is 5.45. The van der Waals surface area contributed by atoms with E-state index in [1.165, 1.54) is 18.2 Å². The van der Waals surface area contributed by atoms with Gasteiger partial charge in [0.25, 0.3) is 5.69 Å². The standard InChI is InChI=1S/C13H13ClN4O3/c1-2-15-13-7-16-9(6-17-13)8-21-12-5-10(18(19)20)3-4-11(12)14/h3-7H,2,8H2,1H3,(H,15,17). The maximum absolute atomic E-state index is 10.7. The second-order valence-electron chi connectivity index (χ2n) is 4.08. The third-order valence-electron chi connectivity index (χ3n) is 2.56. The normalized spacial score (nSPS) is 10.2. The summed E-state index contributed by atoms with van der Waals surface area (Å²) in [4.78, 5) is 18.5. The number of non-ortho nitro benzene ring substituents is 1. The Morgan fingerprint density at radius 2 is 2.19 bits per heavy atom. The fourth-order valence-electron chi connectivity index (χ4n) is 1.57. The molecule has 2 rings (SSSR count). The van der Waals surface area contributed by atoms with Crippen molar-refractivity contribution in [2.45, 2.75) is 13.5 Å². The van der Waals surface area contributed by atoms with Gasteiger partial charge in [0.1, 0.15) is 18.2 Å². The van der Waals surface area contributed by atoms with Gasteiger partial charge in [-0.1, -0.05) is 11.6 Å². The molecule has 0 unspecified atom stereocenters. The van der Waals surface area contributed by atoms with E-state index in [9.17, 15) is 10.1 Å². The quantitative estimate of drug-likeness (QED) is 0.651. The molecule has 1 heterocycles. The average Bonchev–Trinajstić information content (AvgIpc) is 2.48. The van der Waals surface area contributed by atoms with Crippen LogP contribution in [0.4, 0.5) is 11.5 Å². The Morgan fingerprint density at radius 3 is 2.81 bits per heavy atom. The first-order valence-electron chi connectivity index (χ1n) is 6.21. The van der Waals surface area contributed by atoms with Gasteiger partial charge in [0.2, 0.25) is 0 Å². The van der Waals surface area contributed by atoms with Crippen molar-refractivity contribution in [2.75, 3.05) is 11.9 Å². The Balaban J connectivity index is 2.05. The SMILES string of the molecule is CCNc1cnc(COc2cc([N+](=O)[O-])ccc2Cl)cn1. The molecule has 1 N–H and O–H groups in total. The van der Waals surface area contributed by atoms with E-state index >= 15 is 0 Å². The summed E-state index contributed by atoms with van der Waals surface area (Å²) in [5.74, 6) is 0.915. The van der Waals surface area contributed by atoms with Gasteiger partial charge < -0.3 is 10.1 Å². The molecular formula is C13H13ClN4O3. The number of hydrogen-bond acceptors (Lipinski definition) is 6. The number of nitro groups is 1. The van der Waals surface area contributed by atoms with Crippen LogP contribution in [0.3, 0.4) is 0 Å². The number of nitro benzene ring substituents is 1. The van der Waals surface area contributed by atoms with Gasteiger partial charge in [-0.25, -0.2) is 4.98 Å². The summed E-state index contributed by atoms with van der Waals surface area (Å²) in [5.41, 5.74) is 0.516. The first-order chi connectivity index (χ1) is 10.1. The van der Waals surface area contributed by atoms with Gasteiger partial charge in [-0.15, -0.1) is 0 Å². The Morgan fingerprint density at radius 1 is 1.38 bits per heavy atom. The molecule has 0 saturated carbocycles. The van der Waals surface area contributed by atoms with E-state index in [1.807, 2.05) is 6.92 Å². The molecule has 2 aromatic rings. The lowest BCUT2D eigenvalue weighted by Gasteiger charge is -2.08.